The van der Waals surface area contributed by atoms with E-state index in [1.54, 1.807) is 17.1 Å². The van der Waals surface area contributed by atoms with Gasteiger partial charge in [-0.05, 0) is 11.1 Å². The molecule has 0 radical (unpaired) electrons. The first-order chi connectivity index (χ1) is 14.3. The molecule has 0 saturated heterocycles. The number of hydrogen-bond acceptors (Lipinski definition) is 4. The van der Waals surface area contributed by atoms with Gasteiger partial charge in [-0.2, -0.15) is 0 Å². The molecule has 1 amide bonds. The Kier molecular flexibility index (Phi) is 5.76. The predicted molar refractivity (Wildman–Crippen MR) is 109 cm³/mol. The summed E-state index contributed by atoms with van der Waals surface area (Å²) in [5, 5.41) is 10.9. The molecule has 0 aliphatic carbocycles. The molecule has 7 nitrogen and oxygen atoms in total. The number of imidazole rings is 1. The van der Waals surface area contributed by atoms with Gasteiger partial charge in [0.2, 0.25) is 0 Å². The van der Waals surface area contributed by atoms with E-state index < -0.39 is 0 Å². The number of hydrogen-bond donors (Lipinski definition) is 1. The van der Waals surface area contributed by atoms with Crippen LogP contribution in [-0.4, -0.2) is 37.0 Å². The molecule has 0 bridgehead atoms. The Labute approximate surface area is 169 Å². The second-order valence-corrected chi connectivity index (χ2v) is 6.75. The first-order valence-electron chi connectivity index (χ1n) is 9.54. The van der Waals surface area contributed by atoms with Gasteiger partial charge in [-0.1, -0.05) is 65.9 Å². The van der Waals surface area contributed by atoms with Gasteiger partial charge in [0.15, 0.2) is 5.69 Å². The van der Waals surface area contributed by atoms with E-state index >= 15 is 0 Å². The van der Waals surface area contributed by atoms with Crippen molar-refractivity contribution in [3.05, 3.63) is 102 Å². The van der Waals surface area contributed by atoms with Crippen molar-refractivity contribution in [2.24, 2.45) is 0 Å². The van der Waals surface area contributed by atoms with Crippen LogP contribution in [0.5, 0.6) is 0 Å². The van der Waals surface area contributed by atoms with Crippen LogP contribution >= 0.6 is 0 Å². The highest BCUT2D eigenvalue weighted by molar-refractivity contribution is 5.91. The van der Waals surface area contributed by atoms with Gasteiger partial charge in [-0.25, -0.2) is 9.67 Å². The van der Waals surface area contributed by atoms with Gasteiger partial charge in [-0.15, -0.1) is 5.10 Å². The summed E-state index contributed by atoms with van der Waals surface area (Å²) >= 11 is 0. The zero-order valence-corrected chi connectivity index (χ0v) is 16.0. The first-order valence-corrected chi connectivity index (χ1v) is 9.54. The summed E-state index contributed by atoms with van der Waals surface area (Å²) < 4.78 is 3.76. The number of carbonyl (C=O) groups excluding carboxylic acids is 1. The van der Waals surface area contributed by atoms with E-state index in [1.807, 2.05) is 54.7 Å². The second-order valence-electron chi connectivity index (χ2n) is 6.75. The monoisotopic (exact) mass is 386 g/mol. The lowest BCUT2D eigenvalue weighted by Gasteiger charge is -2.08. The van der Waals surface area contributed by atoms with E-state index in [9.17, 15) is 4.79 Å². The second kappa shape index (κ2) is 8.97. The Bertz CT molecular complexity index is 1060. The van der Waals surface area contributed by atoms with Crippen molar-refractivity contribution in [1.29, 1.82) is 0 Å². The average Bonchev–Trinajstić information content (AvgIpc) is 3.39. The highest BCUT2D eigenvalue weighted by atomic mass is 16.2. The van der Waals surface area contributed by atoms with Crippen LogP contribution < -0.4 is 5.32 Å². The summed E-state index contributed by atoms with van der Waals surface area (Å²) in [5.41, 5.74) is 2.63. The van der Waals surface area contributed by atoms with Crippen LogP contribution in [0.25, 0.3) is 0 Å². The standard InChI is InChI=1S/C22H22N6O/c29-22(20-17-28(26-25-20)16-19-9-5-2-6-10-19)24-12-11-21-23-13-14-27(21)15-18-7-3-1-4-8-18/h1-10,13-14,17H,11-12,15-16H2,(H,24,29). The van der Waals surface area contributed by atoms with Gasteiger partial charge in [0.05, 0.1) is 12.7 Å². The van der Waals surface area contributed by atoms with Crippen molar-refractivity contribution >= 4 is 5.91 Å². The Hall–Kier alpha value is -3.74. The van der Waals surface area contributed by atoms with Crippen LogP contribution in [0.4, 0.5) is 0 Å². The van der Waals surface area contributed by atoms with Crippen molar-refractivity contribution in [3.8, 4) is 0 Å². The zero-order valence-electron chi connectivity index (χ0n) is 16.0. The molecule has 4 aromatic rings. The minimum absolute atomic E-state index is 0.231. The van der Waals surface area contributed by atoms with Gasteiger partial charge in [-0.3, -0.25) is 4.79 Å². The molecule has 0 aliphatic heterocycles. The van der Waals surface area contributed by atoms with Crippen molar-refractivity contribution in [2.75, 3.05) is 6.54 Å². The topological polar surface area (TPSA) is 77.6 Å². The normalized spacial score (nSPS) is 10.8. The minimum Gasteiger partial charge on any atom is -0.350 e. The van der Waals surface area contributed by atoms with Crippen LogP contribution in [-0.2, 0) is 19.5 Å². The maximum atomic E-state index is 12.4. The lowest BCUT2D eigenvalue weighted by molar-refractivity contribution is 0.0949. The van der Waals surface area contributed by atoms with Crippen LogP contribution in [0.2, 0.25) is 0 Å². The maximum Gasteiger partial charge on any atom is 0.273 e. The molecule has 1 N–H and O–H groups in total. The molecule has 7 heteroatoms. The van der Waals surface area contributed by atoms with E-state index in [0.29, 0.717) is 25.2 Å². The largest absolute Gasteiger partial charge is 0.350 e. The average molecular weight is 386 g/mol. The number of benzene rings is 2. The molecular formula is C22H22N6O. The molecule has 0 saturated carbocycles. The fourth-order valence-electron chi connectivity index (χ4n) is 3.12. The third-order valence-electron chi connectivity index (χ3n) is 4.59. The van der Waals surface area contributed by atoms with Crippen molar-refractivity contribution in [3.63, 3.8) is 0 Å². The number of amides is 1. The fraction of sp³-hybridized carbons (Fsp3) is 0.182. The number of nitrogens with one attached hydrogen (secondary N) is 1. The van der Waals surface area contributed by atoms with Gasteiger partial charge in [0.1, 0.15) is 5.82 Å². The molecule has 2 aromatic carbocycles. The minimum atomic E-state index is -0.231. The summed E-state index contributed by atoms with van der Waals surface area (Å²) in [5.74, 6) is 0.701. The Morgan fingerprint density at radius 3 is 2.34 bits per heavy atom. The first kappa shape index (κ1) is 18.6. The van der Waals surface area contributed by atoms with E-state index in [0.717, 1.165) is 17.9 Å². The molecule has 0 atom stereocenters. The van der Waals surface area contributed by atoms with E-state index in [1.165, 1.54) is 5.56 Å². The third-order valence-corrected chi connectivity index (χ3v) is 4.59. The summed E-state index contributed by atoms with van der Waals surface area (Å²) in [6.45, 7) is 1.83. The number of rotatable bonds is 8. The highest BCUT2D eigenvalue weighted by Crippen LogP contribution is 2.06. The maximum absolute atomic E-state index is 12.4. The van der Waals surface area contributed by atoms with Gasteiger partial charge >= 0.3 is 0 Å². The van der Waals surface area contributed by atoms with Crippen molar-refractivity contribution in [2.45, 2.75) is 19.5 Å². The Balaban J connectivity index is 1.29. The van der Waals surface area contributed by atoms with E-state index in [-0.39, 0.29) is 5.91 Å². The number of aromatic nitrogens is 5. The van der Waals surface area contributed by atoms with E-state index in [2.05, 4.69) is 37.3 Å². The quantitative estimate of drug-likeness (QED) is 0.505. The molecule has 0 spiro atoms. The molecule has 4 rings (SSSR count). The molecule has 29 heavy (non-hydrogen) atoms. The molecule has 0 unspecified atom stereocenters. The smallest absolute Gasteiger partial charge is 0.273 e. The van der Waals surface area contributed by atoms with Gasteiger partial charge in [0.25, 0.3) is 5.91 Å². The molecule has 2 aromatic heterocycles. The molecule has 0 fully saturated rings. The summed E-state index contributed by atoms with van der Waals surface area (Å²) in [4.78, 5) is 16.8. The van der Waals surface area contributed by atoms with Gasteiger partial charge < -0.3 is 9.88 Å². The molecule has 0 aliphatic rings. The third kappa shape index (κ3) is 4.95. The van der Waals surface area contributed by atoms with Crippen LogP contribution in [0, 0.1) is 0 Å². The summed E-state index contributed by atoms with van der Waals surface area (Å²) in [7, 11) is 0. The van der Waals surface area contributed by atoms with Crippen LogP contribution in [0.1, 0.15) is 27.4 Å². The Morgan fingerprint density at radius 2 is 1.62 bits per heavy atom. The van der Waals surface area contributed by atoms with Gasteiger partial charge in [0, 0.05) is 31.9 Å². The van der Waals surface area contributed by atoms with Crippen molar-refractivity contribution in [1.82, 2.24) is 29.9 Å². The number of nitrogens with zero attached hydrogens (tertiary/aromatic N) is 5. The predicted octanol–water partition coefficient (Wildman–Crippen LogP) is 2.54. The Morgan fingerprint density at radius 1 is 0.931 bits per heavy atom. The lowest BCUT2D eigenvalue weighted by Crippen LogP contribution is -2.26. The van der Waals surface area contributed by atoms with E-state index in [4.69, 9.17) is 0 Å². The number of carbonyl (C=O) groups is 1. The SMILES string of the molecule is O=C(NCCc1nccn1Cc1ccccc1)c1cn(Cc2ccccc2)nn1. The molecule has 146 valence electrons. The fourth-order valence-corrected chi connectivity index (χ4v) is 3.12. The highest BCUT2D eigenvalue weighted by Gasteiger charge is 2.11. The lowest BCUT2D eigenvalue weighted by atomic mass is 10.2. The van der Waals surface area contributed by atoms with Crippen LogP contribution in [0.3, 0.4) is 0 Å². The molecule has 2 heterocycles. The van der Waals surface area contributed by atoms with Crippen molar-refractivity contribution < 1.29 is 4.79 Å². The molecular weight excluding hydrogens is 364 g/mol. The van der Waals surface area contributed by atoms with Crippen LogP contribution in [0.15, 0.2) is 79.3 Å². The summed E-state index contributed by atoms with van der Waals surface area (Å²) in [6.07, 6.45) is 6.05. The summed E-state index contributed by atoms with van der Waals surface area (Å²) in [6, 6.07) is 20.2. The zero-order chi connectivity index (χ0) is 19.9.